The molecule has 0 saturated carbocycles. The van der Waals surface area contributed by atoms with Gasteiger partial charge in [0.15, 0.2) is 0 Å². The van der Waals surface area contributed by atoms with Gasteiger partial charge in [-0.25, -0.2) is 0 Å². The van der Waals surface area contributed by atoms with Crippen molar-refractivity contribution in [3.8, 4) is 0 Å². The molecule has 104 valence electrons. The van der Waals surface area contributed by atoms with Gasteiger partial charge in [-0.15, -0.1) is 0 Å². The van der Waals surface area contributed by atoms with E-state index >= 15 is 0 Å². The zero-order chi connectivity index (χ0) is 14.4. The zero-order valence-electron chi connectivity index (χ0n) is 11.8. The summed E-state index contributed by atoms with van der Waals surface area (Å²) in [7, 11) is 3.02. The third-order valence-corrected chi connectivity index (χ3v) is 2.82. The van der Waals surface area contributed by atoms with Crippen molar-refractivity contribution in [1.82, 2.24) is 4.90 Å². The average Bonchev–Trinajstić information content (AvgIpc) is 2.34. The SMILES string of the molecule is COCC(=O)N(C)CC(=O)Nc1c(C)cccc1C. The van der Waals surface area contributed by atoms with E-state index in [0.29, 0.717) is 0 Å². The van der Waals surface area contributed by atoms with Gasteiger partial charge in [0.05, 0.1) is 6.54 Å². The molecule has 1 aromatic carbocycles. The Balaban J connectivity index is 2.63. The summed E-state index contributed by atoms with van der Waals surface area (Å²) in [4.78, 5) is 24.7. The predicted octanol–water partition coefficient (Wildman–Crippen LogP) is 1.35. The van der Waals surface area contributed by atoms with Crippen LogP contribution in [0.3, 0.4) is 0 Å². The lowest BCUT2D eigenvalue weighted by molar-refractivity contribution is -0.136. The van der Waals surface area contributed by atoms with Crippen molar-refractivity contribution in [3.05, 3.63) is 29.3 Å². The number of benzene rings is 1. The molecule has 2 amide bonds. The van der Waals surface area contributed by atoms with Crippen molar-refractivity contribution >= 4 is 17.5 Å². The lowest BCUT2D eigenvalue weighted by atomic mass is 10.1. The Labute approximate surface area is 113 Å². The van der Waals surface area contributed by atoms with Gasteiger partial charge in [-0.1, -0.05) is 18.2 Å². The number of hydrogen-bond donors (Lipinski definition) is 1. The predicted molar refractivity (Wildman–Crippen MR) is 74.1 cm³/mol. The number of amides is 2. The lowest BCUT2D eigenvalue weighted by Gasteiger charge is -2.17. The first kappa shape index (κ1) is 15.2. The number of hydrogen-bond acceptors (Lipinski definition) is 3. The monoisotopic (exact) mass is 264 g/mol. The standard InChI is InChI=1S/C14H20N2O3/c1-10-6-5-7-11(2)14(10)15-12(17)8-16(3)13(18)9-19-4/h5-7H,8-9H2,1-4H3,(H,15,17). The van der Waals surface area contributed by atoms with E-state index in [1.165, 1.54) is 12.0 Å². The minimum atomic E-state index is -0.223. The second-order valence-corrected chi connectivity index (χ2v) is 4.50. The van der Waals surface area contributed by atoms with Crippen LogP contribution >= 0.6 is 0 Å². The molecule has 19 heavy (non-hydrogen) atoms. The summed E-state index contributed by atoms with van der Waals surface area (Å²) in [5.41, 5.74) is 2.80. The Bertz CT molecular complexity index is 452. The van der Waals surface area contributed by atoms with Gasteiger partial charge in [0.2, 0.25) is 11.8 Å². The average molecular weight is 264 g/mol. The summed E-state index contributed by atoms with van der Waals surface area (Å²) in [6.45, 7) is 3.86. The molecule has 0 fully saturated rings. The maximum atomic E-state index is 11.9. The van der Waals surface area contributed by atoms with Crippen LogP contribution in [-0.2, 0) is 14.3 Å². The van der Waals surface area contributed by atoms with Crippen LogP contribution < -0.4 is 5.32 Å². The molecule has 0 aliphatic heterocycles. The van der Waals surface area contributed by atoms with Crippen molar-refractivity contribution in [2.75, 3.05) is 32.6 Å². The summed E-state index contributed by atoms with van der Waals surface area (Å²) in [5, 5.41) is 2.83. The maximum Gasteiger partial charge on any atom is 0.248 e. The molecule has 5 nitrogen and oxygen atoms in total. The van der Waals surface area contributed by atoms with Gasteiger partial charge >= 0.3 is 0 Å². The van der Waals surface area contributed by atoms with E-state index < -0.39 is 0 Å². The Morgan fingerprint density at radius 3 is 2.37 bits per heavy atom. The lowest BCUT2D eigenvalue weighted by Crippen LogP contribution is -2.37. The van der Waals surface area contributed by atoms with Crippen LogP contribution in [0.5, 0.6) is 0 Å². The van der Waals surface area contributed by atoms with E-state index in [9.17, 15) is 9.59 Å². The molecular formula is C14H20N2O3. The number of nitrogens with zero attached hydrogens (tertiary/aromatic N) is 1. The van der Waals surface area contributed by atoms with E-state index in [1.807, 2.05) is 32.0 Å². The number of methoxy groups -OCH3 is 1. The van der Waals surface area contributed by atoms with Crippen molar-refractivity contribution in [3.63, 3.8) is 0 Å². The number of rotatable bonds is 5. The van der Waals surface area contributed by atoms with Crippen molar-refractivity contribution in [2.45, 2.75) is 13.8 Å². The van der Waals surface area contributed by atoms with Crippen LogP contribution in [0.15, 0.2) is 18.2 Å². The smallest absolute Gasteiger partial charge is 0.248 e. The fraction of sp³-hybridized carbons (Fsp3) is 0.429. The van der Waals surface area contributed by atoms with Crippen LogP contribution in [0.4, 0.5) is 5.69 Å². The van der Waals surface area contributed by atoms with Crippen LogP contribution in [-0.4, -0.2) is 44.0 Å². The molecule has 0 spiro atoms. The summed E-state index contributed by atoms with van der Waals surface area (Å²) in [6.07, 6.45) is 0. The minimum Gasteiger partial charge on any atom is -0.375 e. The van der Waals surface area contributed by atoms with Gasteiger partial charge in [0, 0.05) is 19.8 Å². The molecule has 1 N–H and O–H groups in total. The Hall–Kier alpha value is -1.88. The zero-order valence-corrected chi connectivity index (χ0v) is 11.8. The summed E-state index contributed by atoms with van der Waals surface area (Å²) < 4.78 is 4.74. The normalized spacial score (nSPS) is 10.1. The van der Waals surface area contributed by atoms with Gasteiger partial charge in [-0.3, -0.25) is 9.59 Å². The first-order chi connectivity index (χ1) is 8.95. The number of para-hydroxylation sites is 1. The number of likely N-dealkylation sites (N-methyl/N-ethyl adjacent to an activating group) is 1. The second-order valence-electron chi connectivity index (χ2n) is 4.50. The van der Waals surface area contributed by atoms with Crippen molar-refractivity contribution in [1.29, 1.82) is 0 Å². The van der Waals surface area contributed by atoms with Crippen LogP contribution in [0.25, 0.3) is 0 Å². The van der Waals surface area contributed by atoms with Gasteiger partial charge in [-0.05, 0) is 25.0 Å². The first-order valence-corrected chi connectivity index (χ1v) is 6.04. The first-order valence-electron chi connectivity index (χ1n) is 6.04. The highest BCUT2D eigenvalue weighted by Gasteiger charge is 2.13. The molecule has 0 heterocycles. The van der Waals surface area contributed by atoms with Gasteiger partial charge in [0.25, 0.3) is 0 Å². The molecule has 5 heteroatoms. The van der Waals surface area contributed by atoms with Crippen LogP contribution in [0.1, 0.15) is 11.1 Å². The fourth-order valence-corrected chi connectivity index (χ4v) is 1.73. The molecule has 0 atom stereocenters. The summed E-state index contributed by atoms with van der Waals surface area (Å²) in [5.74, 6) is -0.441. The van der Waals surface area contributed by atoms with E-state index in [2.05, 4.69) is 5.32 Å². The molecule has 0 saturated heterocycles. The Kier molecular flexibility index (Phi) is 5.51. The van der Waals surface area contributed by atoms with E-state index in [0.717, 1.165) is 16.8 Å². The fourth-order valence-electron chi connectivity index (χ4n) is 1.73. The number of ether oxygens (including phenoxy) is 1. The molecule has 0 unspecified atom stereocenters. The van der Waals surface area contributed by atoms with Gasteiger partial charge in [0.1, 0.15) is 6.61 Å². The summed E-state index contributed by atoms with van der Waals surface area (Å²) >= 11 is 0. The van der Waals surface area contributed by atoms with Crippen molar-refractivity contribution < 1.29 is 14.3 Å². The third-order valence-electron chi connectivity index (χ3n) is 2.82. The van der Waals surface area contributed by atoms with E-state index in [1.54, 1.807) is 7.05 Å². The molecule has 1 aromatic rings. The maximum absolute atomic E-state index is 11.9. The Morgan fingerprint density at radius 2 is 1.84 bits per heavy atom. The minimum absolute atomic E-state index is 0.00989. The van der Waals surface area contributed by atoms with Crippen LogP contribution in [0.2, 0.25) is 0 Å². The number of anilines is 1. The second kappa shape index (κ2) is 6.89. The molecular weight excluding hydrogens is 244 g/mol. The molecule has 0 bridgehead atoms. The largest absolute Gasteiger partial charge is 0.375 e. The number of nitrogens with one attached hydrogen (secondary N) is 1. The molecule has 0 radical (unpaired) electrons. The third kappa shape index (κ3) is 4.37. The van der Waals surface area contributed by atoms with Crippen molar-refractivity contribution in [2.24, 2.45) is 0 Å². The quantitative estimate of drug-likeness (QED) is 0.873. The molecule has 0 aliphatic rings. The van der Waals surface area contributed by atoms with E-state index in [4.69, 9.17) is 4.74 Å². The highest BCUT2D eigenvalue weighted by Crippen LogP contribution is 2.19. The topological polar surface area (TPSA) is 58.6 Å². The summed E-state index contributed by atoms with van der Waals surface area (Å²) in [6, 6.07) is 5.80. The number of carbonyl (C=O) groups is 2. The Morgan fingerprint density at radius 1 is 1.26 bits per heavy atom. The number of carbonyl (C=O) groups excluding carboxylic acids is 2. The highest BCUT2D eigenvalue weighted by atomic mass is 16.5. The van der Waals surface area contributed by atoms with E-state index in [-0.39, 0.29) is 25.0 Å². The van der Waals surface area contributed by atoms with Crippen LogP contribution in [0, 0.1) is 13.8 Å². The van der Waals surface area contributed by atoms with Gasteiger partial charge in [-0.2, -0.15) is 0 Å². The molecule has 1 rings (SSSR count). The number of aryl methyl sites for hydroxylation is 2. The molecule has 0 aromatic heterocycles. The highest BCUT2D eigenvalue weighted by molar-refractivity contribution is 5.95. The molecule has 0 aliphatic carbocycles. The van der Waals surface area contributed by atoms with Gasteiger partial charge < -0.3 is 15.0 Å².